The fourth-order valence-corrected chi connectivity index (χ4v) is 3.40. The van der Waals surface area contributed by atoms with Crippen molar-refractivity contribution in [2.24, 2.45) is 5.92 Å². The number of nitrogens with zero attached hydrogens (tertiary/aromatic N) is 5. The van der Waals surface area contributed by atoms with Crippen molar-refractivity contribution >= 4 is 17.5 Å². The number of nitrogens with one attached hydrogen (secondary N) is 1. The van der Waals surface area contributed by atoms with Gasteiger partial charge in [-0.25, -0.2) is 0 Å². The first-order valence-corrected chi connectivity index (χ1v) is 9.18. The molecule has 3 heterocycles. The van der Waals surface area contributed by atoms with E-state index >= 15 is 0 Å². The predicted molar refractivity (Wildman–Crippen MR) is 102 cm³/mol. The third-order valence-electron chi connectivity index (χ3n) is 4.58. The van der Waals surface area contributed by atoms with Gasteiger partial charge in [0.05, 0.1) is 11.9 Å². The van der Waals surface area contributed by atoms with Crippen molar-refractivity contribution < 1.29 is 9.59 Å². The molecule has 1 atom stereocenters. The van der Waals surface area contributed by atoms with Gasteiger partial charge in [0.25, 0.3) is 5.91 Å². The summed E-state index contributed by atoms with van der Waals surface area (Å²) in [6.07, 6.45) is 6.97. The number of hydrogen-bond donors (Lipinski definition) is 1. The number of carbonyl (C=O) groups excluding carboxylic acids is 2. The van der Waals surface area contributed by atoms with E-state index in [1.165, 1.54) is 0 Å². The highest BCUT2D eigenvalue weighted by Crippen LogP contribution is 2.17. The molecule has 2 aromatic heterocycles. The Balaban J connectivity index is 1.54. The summed E-state index contributed by atoms with van der Waals surface area (Å²) in [7, 11) is 4.12. The molecule has 0 saturated carbocycles. The molecule has 8 heteroatoms. The van der Waals surface area contributed by atoms with E-state index < -0.39 is 0 Å². The summed E-state index contributed by atoms with van der Waals surface area (Å²) >= 11 is 0. The third kappa shape index (κ3) is 5.37. The fourth-order valence-electron chi connectivity index (χ4n) is 3.40. The van der Waals surface area contributed by atoms with Gasteiger partial charge in [-0.05, 0) is 45.0 Å². The first-order valence-electron chi connectivity index (χ1n) is 9.18. The summed E-state index contributed by atoms with van der Waals surface area (Å²) in [6.45, 7) is 2.76. The average Bonchev–Trinajstić information content (AvgIpc) is 3.09. The summed E-state index contributed by atoms with van der Waals surface area (Å²) in [4.78, 5) is 32.8. The van der Waals surface area contributed by atoms with E-state index in [1.807, 2.05) is 4.90 Å². The lowest BCUT2D eigenvalue weighted by molar-refractivity contribution is -0.134. The van der Waals surface area contributed by atoms with E-state index in [0.717, 1.165) is 32.5 Å². The summed E-state index contributed by atoms with van der Waals surface area (Å²) in [6, 6.07) is 5.15. The van der Waals surface area contributed by atoms with Crippen molar-refractivity contribution in [2.45, 2.75) is 19.4 Å². The van der Waals surface area contributed by atoms with Crippen LogP contribution in [-0.2, 0) is 11.3 Å². The number of rotatable bonds is 6. The lowest BCUT2D eigenvalue weighted by atomic mass is 9.97. The number of anilines is 1. The Morgan fingerprint density at radius 2 is 2.19 bits per heavy atom. The second kappa shape index (κ2) is 8.77. The summed E-state index contributed by atoms with van der Waals surface area (Å²) in [5.41, 5.74) is 0.879. The Morgan fingerprint density at radius 1 is 1.33 bits per heavy atom. The Kier molecular flexibility index (Phi) is 6.18. The molecule has 144 valence electrons. The maximum absolute atomic E-state index is 12.6. The third-order valence-corrected chi connectivity index (χ3v) is 4.58. The van der Waals surface area contributed by atoms with Crippen molar-refractivity contribution in [1.29, 1.82) is 0 Å². The molecule has 2 aromatic rings. The van der Waals surface area contributed by atoms with Crippen molar-refractivity contribution in [3.05, 3.63) is 42.5 Å². The van der Waals surface area contributed by atoms with Crippen LogP contribution in [-0.4, -0.2) is 70.1 Å². The number of piperidine rings is 1. The quantitative estimate of drug-likeness (QED) is 0.829. The largest absolute Gasteiger partial charge is 0.341 e. The van der Waals surface area contributed by atoms with Crippen LogP contribution in [0.4, 0.5) is 5.69 Å². The van der Waals surface area contributed by atoms with Crippen LogP contribution in [0.5, 0.6) is 0 Å². The molecule has 0 aromatic carbocycles. The lowest BCUT2D eigenvalue weighted by Crippen LogP contribution is -2.44. The lowest BCUT2D eigenvalue weighted by Gasteiger charge is -2.34. The van der Waals surface area contributed by atoms with Crippen LogP contribution in [0.15, 0.2) is 36.8 Å². The second-order valence-electron chi connectivity index (χ2n) is 7.21. The van der Waals surface area contributed by atoms with E-state index in [1.54, 1.807) is 41.5 Å². The van der Waals surface area contributed by atoms with Crippen LogP contribution in [0.1, 0.15) is 23.3 Å². The molecule has 0 unspecified atom stereocenters. The van der Waals surface area contributed by atoms with Gasteiger partial charge >= 0.3 is 0 Å². The monoisotopic (exact) mass is 370 g/mol. The normalized spacial score (nSPS) is 17.1. The molecule has 0 aliphatic carbocycles. The molecule has 0 bridgehead atoms. The maximum Gasteiger partial charge on any atom is 0.274 e. The van der Waals surface area contributed by atoms with E-state index in [4.69, 9.17) is 0 Å². The van der Waals surface area contributed by atoms with Gasteiger partial charge in [-0.1, -0.05) is 6.07 Å². The van der Waals surface area contributed by atoms with Gasteiger partial charge in [-0.15, -0.1) is 0 Å². The van der Waals surface area contributed by atoms with Gasteiger partial charge in [0.15, 0.2) is 0 Å². The van der Waals surface area contributed by atoms with E-state index in [0.29, 0.717) is 17.3 Å². The van der Waals surface area contributed by atoms with Gasteiger partial charge in [-0.2, -0.15) is 5.10 Å². The number of likely N-dealkylation sites (tertiary alicyclic amines) is 1. The van der Waals surface area contributed by atoms with E-state index in [2.05, 4.69) is 34.4 Å². The number of hydrogen-bond acceptors (Lipinski definition) is 5. The standard InChI is InChI=1S/C19H26N6O2/c1-23(2)11-15-6-5-9-24(12-15)18(26)14-25-13-16(10-21-25)22-19(27)17-7-3-4-8-20-17/h3-4,7-8,10,13,15H,5-6,9,11-12,14H2,1-2H3,(H,22,27)/t15-/m0/s1. The minimum Gasteiger partial charge on any atom is -0.341 e. The Hall–Kier alpha value is -2.74. The highest BCUT2D eigenvalue weighted by atomic mass is 16.2. The van der Waals surface area contributed by atoms with Crippen LogP contribution >= 0.6 is 0 Å². The van der Waals surface area contributed by atoms with Gasteiger partial charge in [0.1, 0.15) is 12.2 Å². The van der Waals surface area contributed by atoms with Crippen molar-refractivity contribution in [1.82, 2.24) is 24.6 Å². The number of amides is 2. The van der Waals surface area contributed by atoms with Gasteiger partial charge in [-0.3, -0.25) is 19.3 Å². The zero-order chi connectivity index (χ0) is 19.2. The van der Waals surface area contributed by atoms with Gasteiger partial charge in [0.2, 0.25) is 5.91 Å². The molecule has 1 saturated heterocycles. The molecule has 3 rings (SSSR count). The minimum atomic E-state index is -0.302. The molecule has 0 spiro atoms. The smallest absolute Gasteiger partial charge is 0.274 e. The molecular formula is C19H26N6O2. The Bertz CT molecular complexity index is 774. The minimum absolute atomic E-state index is 0.0594. The summed E-state index contributed by atoms with van der Waals surface area (Å²) < 4.78 is 1.56. The number of carbonyl (C=O) groups is 2. The van der Waals surface area contributed by atoms with Crippen LogP contribution in [0.2, 0.25) is 0 Å². The fraction of sp³-hybridized carbons (Fsp3) is 0.474. The van der Waals surface area contributed by atoms with Gasteiger partial charge in [0, 0.05) is 32.0 Å². The molecule has 1 aliphatic rings. The molecule has 0 radical (unpaired) electrons. The maximum atomic E-state index is 12.6. The van der Waals surface area contributed by atoms with E-state index in [9.17, 15) is 9.59 Å². The van der Waals surface area contributed by atoms with Crippen LogP contribution in [0, 0.1) is 5.92 Å². The van der Waals surface area contributed by atoms with Crippen LogP contribution in [0.25, 0.3) is 0 Å². The van der Waals surface area contributed by atoms with E-state index in [-0.39, 0.29) is 18.4 Å². The predicted octanol–water partition coefficient (Wildman–Crippen LogP) is 1.33. The summed E-state index contributed by atoms with van der Waals surface area (Å²) in [5, 5.41) is 6.94. The highest BCUT2D eigenvalue weighted by Gasteiger charge is 2.24. The average molecular weight is 370 g/mol. The number of pyridine rings is 1. The molecule has 1 aliphatic heterocycles. The zero-order valence-corrected chi connectivity index (χ0v) is 15.8. The SMILES string of the molecule is CN(C)C[C@@H]1CCCN(C(=O)Cn2cc(NC(=O)c3ccccn3)cn2)C1. The van der Waals surface area contributed by atoms with Crippen molar-refractivity contribution in [2.75, 3.05) is 39.0 Å². The summed E-state index contributed by atoms with van der Waals surface area (Å²) in [5.74, 6) is 0.275. The first-order chi connectivity index (χ1) is 13.0. The second-order valence-corrected chi connectivity index (χ2v) is 7.21. The number of aromatic nitrogens is 3. The zero-order valence-electron chi connectivity index (χ0n) is 15.8. The first kappa shape index (κ1) is 19.0. The molecule has 27 heavy (non-hydrogen) atoms. The van der Waals surface area contributed by atoms with Crippen LogP contribution in [0.3, 0.4) is 0 Å². The van der Waals surface area contributed by atoms with Crippen molar-refractivity contribution in [3.63, 3.8) is 0 Å². The Morgan fingerprint density at radius 3 is 2.93 bits per heavy atom. The molecule has 2 amide bonds. The van der Waals surface area contributed by atoms with Crippen LogP contribution < -0.4 is 5.32 Å². The molecular weight excluding hydrogens is 344 g/mol. The molecule has 1 fully saturated rings. The molecule has 1 N–H and O–H groups in total. The van der Waals surface area contributed by atoms with Crippen molar-refractivity contribution in [3.8, 4) is 0 Å². The highest BCUT2D eigenvalue weighted by molar-refractivity contribution is 6.02. The molecule has 8 nitrogen and oxygen atoms in total. The Labute approximate surface area is 159 Å². The topological polar surface area (TPSA) is 83.4 Å². The van der Waals surface area contributed by atoms with Gasteiger partial charge < -0.3 is 15.1 Å².